The molecule has 0 aliphatic rings. The molecule has 19 heavy (non-hydrogen) atoms. The van der Waals surface area contributed by atoms with Gasteiger partial charge in [-0.2, -0.15) is 0 Å². The predicted octanol–water partition coefficient (Wildman–Crippen LogP) is 2.98. The van der Waals surface area contributed by atoms with Crippen LogP contribution < -0.4 is 4.72 Å². The molecule has 0 radical (unpaired) electrons. The minimum Gasteiger partial charge on any atom is -0.277 e. The van der Waals surface area contributed by atoms with Crippen molar-refractivity contribution in [2.75, 3.05) is 4.72 Å². The van der Waals surface area contributed by atoms with E-state index in [9.17, 15) is 12.8 Å². The van der Waals surface area contributed by atoms with Crippen molar-refractivity contribution >= 4 is 27.3 Å². The van der Waals surface area contributed by atoms with Crippen LogP contribution in [-0.4, -0.2) is 13.4 Å². The van der Waals surface area contributed by atoms with Crippen molar-refractivity contribution in [3.63, 3.8) is 0 Å². The first kappa shape index (κ1) is 13.8. The molecular formula is C12H10ClFN2O2S. The van der Waals surface area contributed by atoms with Crippen molar-refractivity contribution in [3.8, 4) is 0 Å². The summed E-state index contributed by atoms with van der Waals surface area (Å²) in [5.74, 6) is -0.649. The number of hydrogen-bond acceptors (Lipinski definition) is 3. The SMILES string of the molecule is Cc1ccc(NS(=O)(=O)c2cccnc2Cl)c(F)c1. The zero-order chi connectivity index (χ0) is 14.0. The van der Waals surface area contributed by atoms with Crippen LogP contribution in [0, 0.1) is 12.7 Å². The Morgan fingerprint density at radius 2 is 2.05 bits per heavy atom. The largest absolute Gasteiger partial charge is 0.277 e. The molecule has 0 fully saturated rings. The highest BCUT2D eigenvalue weighted by atomic mass is 35.5. The fraction of sp³-hybridized carbons (Fsp3) is 0.0833. The van der Waals surface area contributed by atoms with E-state index in [0.717, 1.165) is 0 Å². The Hall–Kier alpha value is -1.66. The number of aryl methyl sites for hydroxylation is 1. The van der Waals surface area contributed by atoms with Crippen LogP contribution in [-0.2, 0) is 10.0 Å². The number of nitrogens with one attached hydrogen (secondary N) is 1. The van der Waals surface area contributed by atoms with Crippen LogP contribution in [0.4, 0.5) is 10.1 Å². The molecular weight excluding hydrogens is 291 g/mol. The third-order valence-electron chi connectivity index (χ3n) is 2.38. The number of sulfonamides is 1. The highest BCUT2D eigenvalue weighted by Gasteiger charge is 2.19. The summed E-state index contributed by atoms with van der Waals surface area (Å²) in [5.41, 5.74) is 0.561. The number of halogens is 2. The van der Waals surface area contributed by atoms with Gasteiger partial charge >= 0.3 is 0 Å². The molecule has 0 spiro atoms. The lowest BCUT2D eigenvalue weighted by atomic mass is 10.2. The molecule has 1 N–H and O–H groups in total. The lowest BCUT2D eigenvalue weighted by Gasteiger charge is -2.10. The Morgan fingerprint density at radius 1 is 1.32 bits per heavy atom. The molecule has 100 valence electrons. The monoisotopic (exact) mass is 300 g/mol. The van der Waals surface area contributed by atoms with Gasteiger partial charge in [0.05, 0.1) is 5.69 Å². The van der Waals surface area contributed by atoms with Crippen LogP contribution in [0.15, 0.2) is 41.4 Å². The lowest BCUT2D eigenvalue weighted by molar-refractivity contribution is 0.598. The van der Waals surface area contributed by atoms with Crippen molar-refractivity contribution in [2.45, 2.75) is 11.8 Å². The van der Waals surface area contributed by atoms with E-state index in [1.165, 1.54) is 30.5 Å². The van der Waals surface area contributed by atoms with Crippen molar-refractivity contribution < 1.29 is 12.8 Å². The number of aromatic nitrogens is 1. The van der Waals surface area contributed by atoms with E-state index in [2.05, 4.69) is 9.71 Å². The van der Waals surface area contributed by atoms with Gasteiger partial charge < -0.3 is 0 Å². The van der Waals surface area contributed by atoms with Gasteiger partial charge in [-0.25, -0.2) is 17.8 Å². The maximum Gasteiger partial charge on any atom is 0.265 e. The summed E-state index contributed by atoms with van der Waals surface area (Å²) in [5, 5.41) is -0.164. The second-order valence-electron chi connectivity index (χ2n) is 3.88. The molecule has 0 amide bonds. The molecule has 1 aromatic heterocycles. The minimum atomic E-state index is -3.96. The average molecular weight is 301 g/mol. The van der Waals surface area contributed by atoms with Crippen molar-refractivity contribution in [1.82, 2.24) is 4.98 Å². The molecule has 7 heteroatoms. The summed E-state index contributed by atoms with van der Waals surface area (Å²) in [7, 11) is -3.96. The number of benzene rings is 1. The molecule has 2 aromatic rings. The van der Waals surface area contributed by atoms with Gasteiger partial charge in [0, 0.05) is 6.20 Å². The van der Waals surface area contributed by atoms with Crippen LogP contribution in [0.5, 0.6) is 0 Å². The number of rotatable bonds is 3. The second kappa shape index (κ2) is 5.14. The Morgan fingerprint density at radius 3 is 2.68 bits per heavy atom. The molecule has 0 bridgehead atoms. The summed E-state index contributed by atoms with van der Waals surface area (Å²) in [6.45, 7) is 1.71. The molecule has 2 rings (SSSR count). The van der Waals surface area contributed by atoms with Crippen LogP contribution in [0.2, 0.25) is 5.15 Å². The third kappa shape index (κ3) is 3.02. The summed E-state index contributed by atoms with van der Waals surface area (Å²) >= 11 is 5.72. The molecule has 0 atom stereocenters. The first-order valence-electron chi connectivity index (χ1n) is 5.29. The van der Waals surface area contributed by atoms with Gasteiger partial charge in [-0.05, 0) is 36.8 Å². The summed E-state index contributed by atoms with van der Waals surface area (Å²) in [6.07, 6.45) is 1.37. The molecule has 0 saturated heterocycles. The highest BCUT2D eigenvalue weighted by molar-refractivity contribution is 7.92. The highest BCUT2D eigenvalue weighted by Crippen LogP contribution is 2.23. The Balaban J connectivity index is 2.40. The topological polar surface area (TPSA) is 59.1 Å². The van der Waals surface area contributed by atoms with Gasteiger partial charge in [0.15, 0.2) is 0 Å². The van der Waals surface area contributed by atoms with E-state index >= 15 is 0 Å². The quantitative estimate of drug-likeness (QED) is 0.887. The van der Waals surface area contributed by atoms with Crippen LogP contribution in [0.3, 0.4) is 0 Å². The Labute approximate surface area is 115 Å². The molecule has 1 heterocycles. The van der Waals surface area contributed by atoms with Gasteiger partial charge in [-0.3, -0.25) is 4.72 Å². The number of nitrogens with zero attached hydrogens (tertiary/aromatic N) is 1. The van der Waals surface area contributed by atoms with Gasteiger partial charge in [0.2, 0.25) is 0 Å². The van der Waals surface area contributed by atoms with Gasteiger partial charge in [0.25, 0.3) is 10.0 Å². The van der Waals surface area contributed by atoms with Crippen LogP contribution in [0.25, 0.3) is 0 Å². The molecule has 0 saturated carbocycles. The third-order valence-corrected chi connectivity index (χ3v) is 4.19. The average Bonchev–Trinajstić information content (AvgIpc) is 2.33. The Bertz CT molecular complexity index is 719. The van der Waals surface area contributed by atoms with E-state index in [1.54, 1.807) is 13.0 Å². The van der Waals surface area contributed by atoms with Gasteiger partial charge in [-0.1, -0.05) is 17.7 Å². The molecule has 0 aliphatic heterocycles. The van der Waals surface area contributed by atoms with Crippen molar-refractivity contribution in [3.05, 3.63) is 53.1 Å². The van der Waals surface area contributed by atoms with Crippen molar-refractivity contribution in [2.24, 2.45) is 0 Å². The number of hydrogen-bond donors (Lipinski definition) is 1. The number of anilines is 1. The second-order valence-corrected chi connectivity index (χ2v) is 5.89. The van der Waals surface area contributed by atoms with E-state index < -0.39 is 15.8 Å². The first-order valence-corrected chi connectivity index (χ1v) is 7.16. The van der Waals surface area contributed by atoms with E-state index in [4.69, 9.17) is 11.6 Å². The van der Waals surface area contributed by atoms with E-state index in [0.29, 0.717) is 5.56 Å². The van der Waals surface area contributed by atoms with Crippen LogP contribution in [0.1, 0.15) is 5.56 Å². The van der Waals surface area contributed by atoms with Gasteiger partial charge in [-0.15, -0.1) is 0 Å². The maximum absolute atomic E-state index is 13.6. The summed E-state index contributed by atoms with van der Waals surface area (Å²) in [4.78, 5) is 3.48. The molecule has 4 nitrogen and oxygen atoms in total. The Kier molecular flexibility index (Phi) is 3.73. The summed E-state index contributed by atoms with van der Waals surface area (Å²) in [6, 6.07) is 6.93. The first-order chi connectivity index (χ1) is 8.90. The zero-order valence-electron chi connectivity index (χ0n) is 9.89. The smallest absolute Gasteiger partial charge is 0.265 e. The molecule has 0 unspecified atom stereocenters. The number of pyridine rings is 1. The fourth-order valence-corrected chi connectivity index (χ4v) is 3.00. The minimum absolute atomic E-state index is 0.134. The standard InChI is InChI=1S/C12H10ClFN2O2S/c1-8-4-5-10(9(14)7-8)16-19(17,18)11-3-2-6-15-12(11)13/h2-7,16H,1H3. The zero-order valence-corrected chi connectivity index (χ0v) is 11.5. The predicted molar refractivity (Wildman–Crippen MR) is 71.2 cm³/mol. The van der Waals surface area contributed by atoms with E-state index in [-0.39, 0.29) is 15.7 Å². The van der Waals surface area contributed by atoms with E-state index in [1.807, 2.05) is 0 Å². The fourth-order valence-electron chi connectivity index (χ4n) is 1.47. The lowest BCUT2D eigenvalue weighted by Crippen LogP contribution is -2.14. The normalized spacial score (nSPS) is 11.3. The van der Waals surface area contributed by atoms with Crippen LogP contribution >= 0.6 is 11.6 Å². The van der Waals surface area contributed by atoms with Gasteiger partial charge in [0.1, 0.15) is 15.9 Å². The van der Waals surface area contributed by atoms with Crippen molar-refractivity contribution in [1.29, 1.82) is 0 Å². The molecule has 0 aliphatic carbocycles. The maximum atomic E-state index is 13.6. The molecule has 1 aromatic carbocycles. The summed E-state index contributed by atoms with van der Waals surface area (Å²) < 4.78 is 39.9.